The number of rotatable bonds is 19. The molecule has 0 bridgehead atoms. The van der Waals surface area contributed by atoms with E-state index in [2.05, 4.69) is 11.9 Å². The molecule has 0 aromatic carbocycles. The van der Waals surface area contributed by atoms with Crippen molar-refractivity contribution < 1.29 is 84.0 Å². The van der Waals surface area contributed by atoms with Crippen LogP contribution >= 0.6 is 0 Å². The van der Waals surface area contributed by atoms with E-state index in [0.29, 0.717) is 6.42 Å². The van der Waals surface area contributed by atoms with Crippen molar-refractivity contribution in [1.82, 2.24) is 0 Å². The fourth-order valence-corrected chi connectivity index (χ4v) is 3.03. The number of unbranched alkanes of at least 4 members (excludes halogenated alkanes) is 12. The van der Waals surface area contributed by atoms with E-state index in [1.165, 1.54) is 64.2 Å². The predicted molar refractivity (Wildman–Crippen MR) is 103 cm³/mol. The normalized spacial score (nSPS) is 12.0. The maximum atomic E-state index is 11.7. The third kappa shape index (κ3) is 24.6. The molecule has 0 rings (SSSR count). The quantitative estimate of drug-likeness (QED) is 0.103. The van der Waals surface area contributed by atoms with Gasteiger partial charge in [0.05, 0.1) is 0 Å². The van der Waals surface area contributed by atoms with Gasteiger partial charge in [-0.1, -0.05) is 84.0 Å². The summed E-state index contributed by atoms with van der Waals surface area (Å²) in [5, 5.41) is 31.1. The summed E-state index contributed by atoms with van der Waals surface area (Å²) in [6.45, 7) is 2.23. The Kier molecular flexibility index (Phi) is 29.0. The molecule has 0 aliphatic heterocycles. The van der Waals surface area contributed by atoms with Crippen molar-refractivity contribution in [2.75, 3.05) is 0 Å². The second-order valence-electron chi connectivity index (χ2n) is 7.28. The molecule has 1 N–H and O–H groups in total. The molecule has 0 aliphatic rings. The van der Waals surface area contributed by atoms with Crippen LogP contribution in [0.2, 0.25) is 0 Å². The van der Waals surface area contributed by atoms with Gasteiger partial charge < -0.3 is 20.1 Å². The maximum absolute atomic E-state index is 11.7. The number of carboxylic acids is 2. The molecule has 8 heteroatoms. The van der Waals surface area contributed by atoms with Gasteiger partial charge in [-0.3, -0.25) is 4.99 Å². The Hall–Kier alpha value is 0.410. The second-order valence-corrected chi connectivity index (χ2v) is 7.28. The third-order valence-electron chi connectivity index (χ3n) is 4.70. The molecule has 0 saturated carbocycles. The molecule has 0 unspecified atom stereocenters. The molecular formula is C21H37NNa2O5. The first kappa shape index (κ1) is 34.0. The summed E-state index contributed by atoms with van der Waals surface area (Å²) < 4.78 is 0. The van der Waals surface area contributed by atoms with Gasteiger partial charge >= 0.3 is 65.1 Å². The van der Waals surface area contributed by atoms with E-state index in [4.69, 9.17) is 5.11 Å². The SMILES string of the molecule is CCCCCCCCCCCCCCCC([O-])=N[C@@H](CCC(=O)[O-])C(=O)O.[Na+].[Na+]. The molecule has 0 saturated heterocycles. The van der Waals surface area contributed by atoms with Crippen LogP contribution in [0, 0.1) is 0 Å². The summed E-state index contributed by atoms with van der Waals surface area (Å²) in [6.07, 6.45) is 15.4. The number of carboxylic acid groups (broad SMARTS) is 2. The van der Waals surface area contributed by atoms with Gasteiger partial charge in [0.25, 0.3) is 0 Å². The van der Waals surface area contributed by atoms with Crippen molar-refractivity contribution in [2.24, 2.45) is 4.99 Å². The summed E-state index contributed by atoms with van der Waals surface area (Å²) in [5.74, 6) is -3.06. The van der Waals surface area contributed by atoms with Gasteiger partial charge in [0.15, 0.2) is 0 Å². The number of aliphatic carboxylic acids is 2. The number of carbonyl (C=O) groups is 2. The van der Waals surface area contributed by atoms with Crippen molar-refractivity contribution in [3.05, 3.63) is 0 Å². The van der Waals surface area contributed by atoms with Crippen molar-refractivity contribution in [3.63, 3.8) is 0 Å². The van der Waals surface area contributed by atoms with Crippen molar-refractivity contribution in [1.29, 1.82) is 0 Å². The van der Waals surface area contributed by atoms with Crippen LogP contribution in [0.15, 0.2) is 4.99 Å². The van der Waals surface area contributed by atoms with Crippen LogP contribution in [0.1, 0.15) is 110 Å². The summed E-state index contributed by atoms with van der Waals surface area (Å²) in [4.78, 5) is 25.0. The zero-order valence-corrected chi connectivity index (χ0v) is 22.9. The number of hydrogen-bond donors (Lipinski definition) is 1. The molecule has 6 nitrogen and oxygen atoms in total. The van der Waals surface area contributed by atoms with E-state index < -0.39 is 30.3 Å². The molecule has 0 fully saturated rings. The number of aliphatic imine (C=N–C) groups is 1. The summed E-state index contributed by atoms with van der Waals surface area (Å²) in [7, 11) is 0. The minimum Gasteiger partial charge on any atom is -0.862 e. The zero-order valence-electron chi connectivity index (χ0n) is 18.9. The van der Waals surface area contributed by atoms with Crippen LogP contribution in [0.5, 0.6) is 0 Å². The zero-order chi connectivity index (χ0) is 20.3. The first-order valence-electron chi connectivity index (χ1n) is 10.6. The van der Waals surface area contributed by atoms with E-state index >= 15 is 0 Å². The molecular weight excluding hydrogens is 392 g/mol. The molecule has 0 aliphatic carbocycles. The van der Waals surface area contributed by atoms with E-state index in [1.54, 1.807) is 0 Å². The third-order valence-corrected chi connectivity index (χ3v) is 4.70. The van der Waals surface area contributed by atoms with Crippen LogP contribution in [-0.2, 0) is 9.59 Å². The molecule has 0 aromatic heterocycles. The Morgan fingerprint density at radius 1 is 0.759 bits per heavy atom. The molecule has 1 atom stereocenters. The van der Waals surface area contributed by atoms with E-state index in [1.807, 2.05) is 0 Å². The molecule has 0 amide bonds. The fraction of sp³-hybridized carbons (Fsp3) is 0.857. The largest absolute Gasteiger partial charge is 1.00 e. The maximum Gasteiger partial charge on any atom is 1.00 e. The minimum absolute atomic E-state index is 0. The monoisotopic (exact) mass is 429 g/mol. The Bertz CT molecular complexity index is 433. The minimum atomic E-state index is -1.33. The molecule has 158 valence electrons. The molecule has 0 spiro atoms. The second kappa shape index (κ2) is 24.7. The van der Waals surface area contributed by atoms with Gasteiger partial charge in [-0.15, -0.1) is 0 Å². The topological polar surface area (TPSA) is 113 Å². The van der Waals surface area contributed by atoms with Crippen LogP contribution in [-0.4, -0.2) is 29.0 Å². The van der Waals surface area contributed by atoms with Crippen LogP contribution in [0.3, 0.4) is 0 Å². The average molecular weight is 430 g/mol. The van der Waals surface area contributed by atoms with Gasteiger partial charge in [0.1, 0.15) is 6.04 Å². The van der Waals surface area contributed by atoms with Crippen molar-refractivity contribution >= 4 is 17.8 Å². The first-order chi connectivity index (χ1) is 13.0. The van der Waals surface area contributed by atoms with E-state index in [-0.39, 0.29) is 72.0 Å². The van der Waals surface area contributed by atoms with Crippen molar-refractivity contribution in [2.45, 2.75) is 116 Å². The van der Waals surface area contributed by atoms with E-state index in [0.717, 1.165) is 12.8 Å². The average Bonchev–Trinajstić information content (AvgIpc) is 2.62. The van der Waals surface area contributed by atoms with Gasteiger partial charge in [0.2, 0.25) is 0 Å². The number of carbonyl (C=O) groups excluding carboxylic acids is 1. The van der Waals surface area contributed by atoms with Gasteiger partial charge in [-0.25, -0.2) is 4.79 Å². The van der Waals surface area contributed by atoms with Crippen LogP contribution < -0.4 is 69.3 Å². The fourth-order valence-electron chi connectivity index (χ4n) is 3.03. The van der Waals surface area contributed by atoms with Crippen molar-refractivity contribution in [3.8, 4) is 0 Å². The summed E-state index contributed by atoms with van der Waals surface area (Å²) in [6, 6.07) is -1.28. The van der Waals surface area contributed by atoms with Crippen LogP contribution in [0.4, 0.5) is 0 Å². The van der Waals surface area contributed by atoms with Crippen LogP contribution in [0.25, 0.3) is 0 Å². The number of nitrogens with zero attached hydrogens (tertiary/aromatic N) is 1. The Morgan fingerprint density at radius 3 is 1.55 bits per heavy atom. The molecule has 0 radical (unpaired) electrons. The number of hydrogen-bond acceptors (Lipinski definition) is 5. The summed E-state index contributed by atoms with van der Waals surface area (Å²) in [5.41, 5.74) is 0. The standard InChI is InChI=1S/C21H39NO5.2Na/c1-2-3-4-5-6-7-8-9-10-11-12-13-14-15-19(23)22-18(21(26)27)16-17-20(24)25;;/h18H,2-17H2,1H3,(H,22,23)(H,24,25)(H,26,27);;/q;2*+1/p-2/t18-;;/m0../s1. The molecule has 0 aromatic rings. The van der Waals surface area contributed by atoms with Gasteiger partial charge in [-0.2, -0.15) is 0 Å². The first-order valence-corrected chi connectivity index (χ1v) is 10.6. The van der Waals surface area contributed by atoms with Gasteiger partial charge in [-0.05, 0) is 31.6 Å². The molecule has 0 heterocycles. The Morgan fingerprint density at radius 2 is 1.17 bits per heavy atom. The molecule has 29 heavy (non-hydrogen) atoms. The predicted octanol–water partition coefficient (Wildman–Crippen LogP) is -2.78. The van der Waals surface area contributed by atoms with E-state index in [9.17, 15) is 19.8 Å². The smallest absolute Gasteiger partial charge is 0.862 e. The van der Waals surface area contributed by atoms with Gasteiger partial charge in [0, 0.05) is 5.97 Å². The Balaban J connectivity index is -0.00000338. The Labute approximate surface area is 220 Å². The summed E-state index contributed by atoms with van der Waals surface area (Å²) >= 11 is 0.